The highest BCUT2D eigenvalue weighted by Gasteiger charge is 2.22. The normalized spacial score (nSPS) is 16.6. The molecule has 29 heavy (non-hydrogen) atoms. The summed E-state index contributed by atoms with van der Waals surface area (Å²) in [5.41, 5.74) is 4.79. The van der Waals surface area contributed by atoms with E-state index in [4.69, 9.17) is 0 Å². The number of para-hydroxylation sites is 1. The molecule has 3 rings (SSSR count). The molecule has 2 amide bonds. The number of nitrogens with one attached hydrogen (secondary N) is 3. The Bertz CT molecular complexity index is 976. The molecular formula is C24H27N3O2. The van der Waals surface area contributed by atoms with E-state index in [1.54, 1.807) is 18.2 Å². The van der Waals surface area contributed by atoms with Gasteiger partial charge in [-0.2, -0.15) is 0 Å². The molecule has 0 bridgehead atoms. The van der Waals surface area contributed by atoms with Gasteiger partial charge in [-0.05, 0) is 55.7 Å². The van der Waals surface area contributed by atoms with E-state index in [0.29, 0.717) is 23.4 Å². The maximum absolute atomic E-state index is 13.0. The molecule has 2 aromatic rings. The van der Waals surface area contributed by atoms with Crippen molar-refractivity contribution in [3.05, 3.63) is 71.8 Å². The first-order valence-electron chi connectivity index (χ1n) is 9.94. The molecule has 0 saturated heterocycles. The van der Waals surface area contributed by atoms with Gasteiger partial charge in [0.05, 0.1) is 16.9 Å². The second-order valence-corrected chi connectivity index (χ2v) is 7.13. The maximum atomic E-state index is 13.0. The van der Waals surface area contributed by atoms with Gasteiger partial charge in [-0.3, -0.25) is 9.59 Å². The van der Waals surface area contributed by atoms with E-state index in [2.05, 4.69) is 29.0 Å². The number of benzene rings is 2. The number of anilines is 3. The lowest BCUT2D eigenvalue weighted by molar-refractivity contribution is -0.116. The molecule has 0 radical (unpaired) electrons. The fourth-order valence-corrected chi connectivity index (χ4v) is 3.40. The highest BCUT2D eigenvalue weighted by molar-refractivity contribution is 6.11. The van der Waals surface area contributed by atoms with E-state index < -0.39 is 0 Å². The molecule has 1 aliphatic heterocycles. The first-order valence-corrected chi connectivity index (χ1v) is 9.94. The molecule has 0 spiro atoms. The van der Waals surface area contributed by atoms with Crippen molar-refractivity contribution in [2.45, 2.75) is 39.7 Å². The average molecular weight is 389 g/mol. The van der Waals surface area contributed by atoms with Crippen molar-refractivity contribution in [1.29, 1.82) is 0 Å². The number of hydrogen-bond donors (Lipinski definition) is 3. The second kappa shape index (κ2) is 9.24. The van der Waals surface area contributed by atoms with Crippen LogP contribution in [0.2, 0.25) is 0 Å². The van der Waals surface area contributed by atoms with Crippen LogP contribution in [0.1, 0.15) is 49.5 Å². The Labute approximate surface area is 171 Å². The molecule has 1 unspecified atom stereocenters. The van der Waals surface area contributed by atoms with Crippen molar-refractivity contribution in [1.82, 2.24) is 0 Å². The Kier molecular flexibility index (Phi) is 6.50. The molecule has 150 valence electrons. The highest BCUT2D eigenvalue weighted by Crippen LogP contribution is 2.31. The van der Waals surface area contributed by atoms with Gasteiger partial charge in [-0.1, -0.05) is 43.4 Å². The SMILES string of the molecule is C/C=C\C=C(/CC)c1cccc(NC(=O)c2cccc3c2NC(C)CC(=O)N3)c1. The van der Waals surface area contributed by atoms with Gasteiger partial charge in [0.25, 0.3) is 5.91 Å². The van der Waals surface area contributed by atoms with E-state index in [1.165, 1.54) is 5.57 Å². The lowest BCUT2D eigenvalue weighted by Gasteiger charge is -2.16. The van der Waals surface area contributed by atoms with Crippen molar-refractivity contribution in [3.8, 4) is 0 Å². The van der Waals surface area contributed by atoms with Crippen LogP contribution in [0.3, 0.4) is 0 Å². The van der Waals surface area contributed by atoms with E-state index in [1.807, 2.05) is 50.3 Å². The number of hydrogen-bond acceptors (Lipinski definition) is 3. The standard InChI is InChI=1S/C24H27N3O2/c1-4-6-9-17(5-2)18-10-7-11-19(15-18)26-24(29)20-12-8-13-21-23(20)25-16(3)14-22(28)27-21/h4,6-13,15-16,25H,5,14H2,1-3H3,(H,26,29)(H,27,28)/b6-4-,17-9+. The van der Waals surface area contributed by atoms with Crippen LogP contribution < -0.4 is 16.0 Å². The third-order valence-electron chi connectivity index (χ3n) is 4.83. The second-order valence-electron chi connectivity index (χ2n) is 7.13. The third kappa shape index (κ3) is 4.93. The van der Waals surface area contributed by atoms with Crippen LogP contribution in [0.5, 0.6) is 0 Å². The minimum absolute atomic E-state index is 0.0580. The fourth-order valence-electron chi connectivity index (χ4n) is 3.40. The van der Waals surface area contributed by atoms with Gasteiger partial charge >= 0.3 is 0 Å². The Hall–Kier alpha value is -3.34. The quantitative estimate of drug-likeness (QED) is 0.596. The summed E-state index contributed by atoms with van der Waals surface area (Å²) in [4.78, 5) is 25.0. The number of amides is 2. The molecule has 3 N–H and O–H groups in total. The highest BCUT2D eigenvalue weighted by atomic mass is 16.2. The van der Waals surface area contributed by atoms with Crippen LogP contribution in [0.4, 0.5) is 17.1 Å². The van der Waals surface area contributed by atoms with Crippen LogP contribution in [0.25, 0.3) is 5.57 Å². The number of allylic oxidation sites excluding steroid dienone is 4. The van der Waals surface area contributed by atoms with Gasteiger partial charge in [-0.15, -0.1) is 0 Å². The predicted octanol–water partition coefficient (Wildman–Crippen LogP) is 5.45. The molecule has 0 aliphatic carbocycles. The summed E-state index contributed by atoms with van der Waals surface area (Å²) < 4.78 is 0. The molecule has 5 heteroatoms. The minimum Gasteiger partial charge on any atom is -0.380 e. The molecule has 1 atom stereocenters. The average Bonchev–Trinajstić information content (AvgIpc) is 2.84. The summed E-state index contributed by atoms with van der Waals surface area (Å²) >= 11 is 0. The van der Waals surface area contributed by atoms with Crippen molar-refractivity contribution in [2.24, 2.45) is 0 Å². The van der Waals surface area contributed by atoms with Gasteiger partial charge in [-0.25, -0.2) is 0 Å². The molecule has 0 aromatic heterocycles. The molecule has 1 heterocycles. The molecule has 0 saturated carbocycles. The Morgan fingerprint density at radius 1 is 1.24 bits per heavy atom. The zero-order chi connectivity index (χ0) is 20.8. The summed E-state index contributed by atoms with van der Waals surface area (Å²) in [7, 11) is 0. The van der Waals surface area contributed by atoms with Gasteiger partial charge in [0, 0.05) is 18.2 Å². The van der Waals surface area contributed by atoms with Gasteiger partial charge < -0.3 is 16.0 Å². The summed E-state index contributed by atoms with van der Waals surface area (Å²) in [5.74, 6) is -0.278. The lowest BCUT2D eigenvalue weighted by atomic mass is 10.0. The molecule has 0 fully saturated rings. The van der Waals surface area contributed by atoms with Crippen LogP contribution in [-0.2, 0) is 4.79 Å². The molecule has 1 aliphatic rings. The van der Waals surface area contributed by atoms with E-state index in [-0.39, 0.29) is 17.9 Å². The zero-order valence-electron chi connectivity index (χ0n) is 17.1. The summed E-state index contributed by atoms with van der Waals surface area (Å²) in [6.07, 6.45) is 7.36. The number of carbonyl (C=O) groups excluding carboxylic acids is 2. The maximum Gasteiger partial charge on any atom is 0.257 e. The third-order valence-corrected chi connectivity index (χ3v) is 4.83. The molecule has 5 nitrogen and oxygen atoms in total. The Balaban J connectivity index is 1.88. The van der Waals surface area contributed by atoms with Gasteiger partial charge in [0.1, 0.15) is 0 Å². The first-order chi connectivity index (χ1) is 14.0. The Morgan fingerprint density at radius 3 is 2.79 bits per heavy atom. The molecule has 2 aromatic carbocycles. The van der Waals surface area contributed by atoms with Crippen LogP contribution in [-0.4, -0.2) is 17.9 Å². The largest absolute Gasteiger partial charge is 0.380 e. The summed E-state index contributed by atoms with van der Waals surface area (Å²) in [6, 6.07) is 13.1. The van der Waals surface area contributed by atoms with Crippen molar-refractivity contribution >= 4 is 34.4 Å². The zero-order valence-corrected chi connectivity index (χ0v) is 17.1. The van der Waals surface area contributed by atoms with E-state index in [0.717, 1.165) is 17.7 Å². The smallest absolute Gasteiger partial charge is 0.257 e. The molecular weight excluding hydrogens is 362 g/mol. The number of fused-ring (bicyclic) bond motifs is 1. The van der Waals surface area contributed by atoms with Crippen molar-refractivity contribution < 1.29 is 9.59 Å². The Morgan fingerprint density at radius 2 is 2.03 bits per heavy atom. The fraction of sp³-hybridized carbons (Fsp3) is 0.250. The van der Waals surface area contributed by atoms with Crippen LogP contribution in [0, 0.1) is 0 Å². The first kappa shape index (κ1) is 20.4. The van der Waals surface area contributed by atoms with Crippen LogP contribution in [0.15, 0.2) is 60.7 Å². The lowest BCUT2D eigenvalue weighted by Crippen LogP contribution is -2.20. The number of rotatable bonds is 5. The minimum atomic E-state index is -0.217. The van der Waals surface area contributed by atoms with Crippen LogP contribution >= 0.6 is 0 Å². The predicted molar refractivity (Wildman–Crippen MR) is 120 cm³/mol. The number of carbonyl (C=O) groups is 2. The monoisotopic (exact) mass is 389 g/mol. The van der Waals surface area contributed by atoms with E-state index in [9.17, 15) is 9.59 Å². The van der Waals surface area contributed by atoms with Crippen molar-refractivity contribution in [3.63, 3.8) is 0 Å². The van der Waals surface area contributed by atoms with Gasteiger partial charge in [0.2, 0.25) is 5.91 Å². The van der Waals surface area contributed by atoms with Crippen molar-refractivity contribution in [2.75, 3.05) is 16.0 Å². The van der Waals surface area contributed by atoms with Gasteiger partial charge in [0.15, 0.2) is 0 Å². The summed E-state index contributed by atoms with van der Waals surface area (Å²) in [6.45, 7) is 6.03. The summed E-state index contributed by atoms with van der Waals surface area (Å²) in [5, 5.41) is 9.15. The topological polar surface area (TPSA) is 70.2 Å². The van der Waals surface area contributed by atoms with E-state index >= 15 is 0 Å².